The van der Waals surface area contributed by atoms with Crippen LogP contribution in [0.2, 0.25) is 0 Å². The standard InChI is InChI=1S/C13H27N3O/c1-13(2)10-16(7-6-15(13)3)9-12(17)8-14-11-4-5-11/h11-12,14,17H,4-10H2,1-3H3. The van der Waals surface area contributed by atoms with E-state index >= 15 is 0 Å². The first-order chi connectivity index (χ1) is 7.97. The quantitative estimate of drug-likeness (QED) is 0.717. The number of rotatable bonds is 5. The lowest BCUT2D eigenvalue weighted by molar-refractivity contribution is 0.0148. The predicted molar refractivity (Wildman–Crippen MR) is 70.2 cm³/mol. The summed E-state index contributed by atoms with van der Waals surface area (Å²) in [5, 5.41) is 13.4. The molecule has 0 bridgehead atoms. The van der Waals surface area contributed by atoms with Gasteiger partial charge in [-0.2, -0.15) is 0 Å². The Labute approximate surface area is 105 Å². The normalized spacial score (nSPS) is 28.2. The van der Waals surface area contributed by atoms with Gasteiger partial charge in [0.1, 0.15) is 0 Å². The van der Waals surface area contributed by atoms with Crippen molar-refractivity contribution in [3.63, 3.8) is 0 Å². The molecule has 1 atom stereocenters. The van der Waals surface area contributed by atoms with E-state index in [1.807, 2.05) is 0 Å². The minimum Gasteiger partial charge on any atom is -0.390 e. The second kappa shape index (κ2) is 5.22. The Morgan fingerprint density at radius 1 is 1.35 bits per heavy atom. The van der Waals surface area contributed by atoms with Crippen molar-refractivity contribution in [1.29, 1.82) is 0 Å². The monoisotopic (exact) mass is 241 g/mol. The van der Waals surface area contributed by atoms with Crippen molar-refractivity contribution >= 4 is 0 Å². The third-order valence-electron chi connectivity index (χ3n) is 4.08. The van der Waals surface area contributed by atoms with Crippen LogP contribution in [0.4, 0.5) is 0 Å². The lowest BCUT2D eigenvalue weighted by Gasteiger charge is -2.45. The van der Waals surface area contributed by atoms with Crippen LogP contribution in [0.15, 0.2) is 0 Å². The second-order valence-corrected chi connectivity index (χ2v) is 6.31. The minimum absolute atomic E-state index is 0.224. The highest BCUT2D eigenvalue weighted by Crippen LogP contribution is 2.20. The average Bonchev–Trinajstić information content (AvgIpc) is 3.04. The van der Waals surface area contributed by atoms with Gasteiger partial charge in [0.15, 0.2) is 0 Å². The molecule has 0 amide bonds. The van der Waals surface area contributed by atoms with E-state index in [9.17, 15) is 5.11 Å². The molecule has 0 radical (unpaired) electrons. The van der Waals surface area contributed by atoms with Crippen molar-refractivity contribution in [2.75, 3.05) is 39.8 Å². The summed E-state index contributed by atoms with van der Waals surface area (Å²) in [5.41, 5.74) is 0.224. The van der Waals surface area contributed by atoms with E-state index in [0.29, 0.717) is 6.04 Å². The first-order valence-corrected chi connectivity index (χ1v) is 6.82. The summed E-state index contributed by atoms with van der Waals surface area (Å²) in [6.07, 6.45) is 2.34. The van der Waals surface area contributed by atoms with Crippen LogP contribution in [0.3, 0.4) is 0 Å². The number of likely N-dealkylation sites (N-methyl/N-ethyl adjacent to an activating group) is 1. The van der Waals surface area contributed by atoms with Crippen LogP contribution in [0.25, 0.3) is 0 Å². The Morgan fingerprint density at radius 2 is 2.06 bits per heavy atom. The predicted octanol–water partition coefficient (Wildman–Crippen LogP) is 0.125. The largest absolute Gasteiger partial charge is 0.390 e. The van der Waals surface area contributed by atoms with Gasteiger partial charge in [-0.15, -0.1) is 0 Å². The summed E-state index contributed by atoms with van der Waals surface area (Å²) in [5.74, 6) is 0. The summed E-state index contributed by atoms with van der Waals surface area (Å²) in [4.78, 5) is 4.79. The van der Waals surface area contributed by atoms with Gasteiger partial charge in [-0.3, -0.25) is 9.80 Å². The molecular weight excluding hydrogens is 214 g/mol. The maximum absolute atomic E-state index is 10.00. The third kappa shape index (κ3) is 3.91. The maximum Gasteiger partial charge on any atom is 0.0791 e. The summed E-state index contributed by atoms with van der Waals surface area (Å²) in [6, 6.07) is 0.689. The SMILES string of the molecule is CN1CCN(CC(O)CNC2CC2)CC1(C)C. The van der Waals surface area contributed by atoms with E-state index < -0.39 is 0 Å². The molecule has 0 aromatic heterocycles. The Morgan fingerprint density at radius 3 is 2.65 bits per heavy atom. The molecule has 0 aromatic carbocycles. The Balaban J connectivity index is 1.70. The summed E-state index contributed by atoms with van der Waals surface area (Å²) in [7, 11) is 2.18. The second-order valence-electron chi connectivity index (χ2n) is 6.31. The zero-order valence-corrected chi connectivity index (χ0v) is 11.4. The molecule has 2 N–H and O–H groups in total. The van der Waals surface area contributed by atoms with Crippen molar-refractivity contribution in [1.82, 2.24) is 15.1 Å². The Kier molecular flexibility index (Phi) is 4.08. The van der Waals surface area contributed by atoms with Gasteiger partial charge in [0.05, 0.1) is 6.10 Å². The smallest absolute Gasteiger partial charge is 0.0791 e. The van der Waals surface area contributed by atoms with Crippen molar-refractivity contribution in [2.45, 2.75) is 44.4 Å². The van der Waals surface area contributed by atoms with E-state index in [-0.39, 0.29) is 11.6 Å². The van der Waals surface area contributed by atoms with E-state index in [1.165, 1.54) is 12.8 Å². The fraction of sp³-hybridized carbons (Fsp3) is 1.00. The van der Waals surface area contributed by atoms with E-state index in [2.05, 4.69) is 36.0 Å². The molecule has 100 valence electrons. The van der Waals surface area contributed by atoms with Crippen molar-refractivity contribution in [2.24, 2.45) is 0 Å². The molecule has 17 heavy (non-hydrogen) atoms. The van der Waals surface area contributed by atoms with Crippen LogP contribution >= 0.6 is 0 Å². The molecule has 2 fully saturated rings. The first-order valence-electron chi connectivity index (χ1n) is 6.82. The number of aliphatic hydroxyl groups is 1. The number of hydrogen-bond donors (Lipinski definition) is 2. The Hall–Kier alpha value is -0.160. The van der Waals surface area contributed by atoms with Crippen LogP contribution in [0, 0.1) is 0 Å². The van der Waals surface area contributed by atoms with Gasteiger partial charge < -0.3 is 10.4 Å². The van der Waals surface area contributed by atoms with Gasteiger partial charge in [0.2, 0.25) is 0 Å². The van der Waals surface area contributed by atoms with Gasteiger partial charge in [0.25, 0.3) is 0 Å². The van der Waals surface area contributed by atoms with Crippen molar-refractivity contribution in [3.05, 3.63) is 0 Å². The summed E-state index contributed by atoms with van der Waals surface area (Å²) >= 11 is 0. The molecule has 1 saturated heterocycles. The molecular formula is C13H27N3O. The van der Waals surface area contributed by atoms with Gasteiger partial charge in [0, 0.05) is 44.3 Å². The fourth-order valence-corrected chi connectivity index (χ4v) is 2.45. The number of aliphatic hydroxyl groups excluding tert-OH is 1. The lowest BCUT2D eigenvalue weighted by atomic mass is 9.99. The first kappa shape index (κ1) is 13.3. The summed E-state index contributed by atoms with van der Waals surface area (Å²) < 4.78 is 0. The zero-order valence-electron chi connectivity index (χ0n) is 11.4. The van der Waals surface area contributed by atoms with E-state index in [0.717, 1.165) is 32.7 Å². The number of piperazine rings is 1. The molecule has 2 rings (SSSR count). The topological polar surface area (TPSA) is 38.7 Å². The minimum atomic E-state index is -0.227. The molecule has 1 unspecified atom stereocenters. The third-order valence-corrected chi connectivity index (χ3v) is 4.08. The van der Waals surface area contributed by atoms with Crippen LogP contribution < -0.4 is 5.32 Å². The Bertz CT molecular complexity index is 253. The highest BCUT2D eigenvalue weighted by Gasteiger charge is 2.31. The van der Waals surface area contributed by atoms with Gasteiger partial charge in [-0.25, -0.2) is 0 Å². The number of nitrogens with one attached hydrogen (secondary N) is 1. The molecule has 1 heterocycles. The van der Waals surface area contributed by atoms with Gasteiger partial charge >= 0.3 is 0 Å². The van der Waals surface area contributed by atoms with Crippen molar-refractivity contribution in [3.8, 4) is 0 Å². The lowest BCUT2D eigenvalue weighted by Crippen LogP contribution is -2.59. The van der Waals surface area contributed by atoms with Gasteiger partial charge in [-0.1, -0.05) is 0 Å². The maximum atomic E-state index is 10.00. The molecule has 4 heteroatoms. The molecule has 4 nitrogen and oxygen atoms in total. The van der Waals surface area contributed by atoms with Gasteiger partial charge in [-0.05, 0) is 33.7 Å². The van der Waals surface area contributed by atoms with Crippen LogP contribution in [0.1, 0.15) is 26.7 Å². The van der Waals surface area contributed by atoms with Crippen LogP contribution in [-0.2, 0) is 0 Å². The molecule has 1 aliphatic carbocycles. The zero-order chi connectivity index (χ0) is 12.5. The van der Waals surface area contributed by atoms with Crippen LogP contribution in [-0.4, -0.2) is 72.4 Å². The summed E-state index contributed by atoms with van der Waals surface area (Å²) in [6.45, 7) is 9.30. The fourth-order valence-electron chi connectivity index (χ4n) is 2.45. The van der Waals surface area contributed by atoms with E-state index in [4.69, 9.17) is 0 Å². The number of β-amino-alcohol motifs (C(OH)–C–C–N with tert-alkyl or cyclic N) is 1. The number of hydrogen-bond acceptors (Lipinski definition) is 4. The molecule has 0 spiro atoms. The molecule has 1 saturated carbocycles. The molecule has 0 aromatic rings. The van der Waals surface area contributed by atoms with Crippen LogP contribution in [0.5, 0.6) is 0 Å². The number of nitrogens with zero attached hydrogens (tertiary/aromatic N) is 2. The highest BCUT2D eigenvalue weighted by molar-refractivity contribution is 4.89. The van der Waals surface area contributed by atoms with E-state index in [1.54, 1.807) is 0 Å². The average molecular weight is 241 g/mol. The highest BCUT2D eigenvalue weighted by atomic mass is 16.3. The molecule has 2 aliphatic rings. The van der Waals surface area contributed by atoms with Crippen molar-refractivity contribution < 1.29 is 5.11 Å². The molecule has 1 aliphatic heterocycles.